The Bertz CT molecular complexity index is 428. The van der Waals surface area contributed by atoms with Gasteiger partial charge in [-0.3, -0.25) is 5.32 Å². The zero-order chi connectivity index (χ0) is 13.2. The number of amides is 2. The van der Waals surface area contributed by atoms with Gasteiger partial charge in [0.05, 0.1) is 5.69 Å². The average molecular weight is 279 g/mol. The Labute approximate surface area is 106 Å². The molecule has 0 spiro atoms. The van der Waals surface area contributed by atoms with Gasteiger partial charge in [0.25, 0.3) is 0 Å². The normalized spacial score (nSPS) is 16.2. The quantitative estimate of drug-likeness (QED) is 0.893. The van der Waals surface area contributed by atoms with Crippen molar-refractivity contribution in [3.63, 3.8) is 0 Å². The van der Waals surface area contributed by atoms with Crippen LogP contribution >= 0.6 is 11.3 Å². The molecule has 1 saturated carbocycles. The number of halogens is 3. The van der Waals surface area contributed by atoms with E-state index in [9.17, 15) is 18.0 Å². The molecule has 1 aliphatic rings. The highest BCUT2D eigenvalue weighted by molar-refractivity contribution is 7.13. The van der Waals surface area contributed by atoms with Crippen molar-refractivity contribution < 1.29 is 18.0 Å². The van der Waals surface area contributed by atoms with Crippen molar-refractivity contribution in [2.75, 3.05) is 11.9 Å². The van der Waals surface area contributed by atoms with Crippen LogP contribution in [0.1, 0.15) is 30.9 Å². The van der Waals surface area contributed by atoms with Crippen molar-refractivity contribution in [2.24, 2.45) is 0 Å². The van der Waals surface area contributed by atoms with Gasteiger partial charge in [0.15, 0.2) is 5.13 Å². The van der Waals surface area contributed by atoms with E-state index in [1.807, 2.05) is 5.38 Å². The van der Waals surface area contributed by atoms with E-state index in [1.54, 1.807) is 5.32 Å². The second-order valence-electron chi connectivity index (χ2n) is 4.13. The highest BCUT2D eigenvalue weighted by Gasteiger charge is 2.28. The van der Waals surface area contributed by atoms with Crippen molar-refractivity contribution in [1.29, 1.82) is 0 Å². The van der Waals surface area contributed by atoms with Crippen LogP contribution in [0.5, 0.6) is 0 Å². The number of hydrogen-bond acceptors (Lipinski definition) is 3. The van der Waals surface area contributed by atoms with Crippen LogP contribution in [0.15, 0.2) is 5.38 Å². The first-order chi connectivity index (χ1) is 8.44. The number of nitrogens with one attached hydrogen (secondary N) is 2. The molecule has 1 aliphatic carbocycles. The van der Waals surface area contributed by atoms with Gasteiger partial charge in [-0.15, -0.1) is 11.3 Å². The van der Waals surface area contributed by atoms with E-state index in [-0.39, 0.29) is 0 Å². The van der Waals surface area contributed by atoms with E-state index in [1.165, 1.54) is 17.8 Å². The lowest BCUT2D eigenvalue weighted by Gasteiger charge is -2.22. The number of urea groups is 1. The molecule has 18 heavy (non-hydrogen) atoms. The molecule has 0 aromatic carbocycles. The molecular weight excluding hydrogens is 267 g/mol. The molecule has 4 nitrogen and oxygen atoms in total. The number of hydrogen-bond donors (Lipinski definition) is 2. The lowest BCUT2D eigenvalue weighted by Crippen LogP contribution is -2.36. The van der Waals surface area contributed by atoms with Crippen LogP contribution < -0.4 is 10.6 Å². The first kappa shape index (κ1) is 13.1. The van der Waals surface area contributed by atoms with Gasteiger partial charge in [-0.05, 0) is 12.8 Å². The predicted molar refractivity (Wildman–Crippen MR) is 61.8 cm³/mol. The standard InChI is InChI=1S/C10H12F3N3OS/c11-10(12,13)5-14-8(17)16-9-15-7(4-18-9)6-2-1-3-6/h4,6H,1-3,5H2,(H2,14,15,16,17). The van der Waals surface area contributed by atoms with Crippen LogP contribution in [0, 0.1) is 0 Å². The summed E-state index contributed by atoms with van der Waals surface area (Å²) in [6, 6.07) is -0.887. The maximum atomic E-state index is 11.9. The Morgan fingerprint density at radius 3 is 2.78 bits per heavy atom. The number of thiazole rings is 1. The summed E-state index contributed by atoms with van der Waals surface area (Å²) >= 11 is 1.22. The van der Waals surface area contributed by atoms with Crippen LogP contribution in [-0.2, 0) is 0 Å². The Morgan fingerprint density at radius 1 is 1.50 bits per heavy atom. The van der Waals surface area contributed by atoms with Crippen molar-refractivity contribution in [1.82, 2.24) is 10.3 Å². The van der Waals surface area contributed by atoms with Gasteiger partial charge in [0.1, 0.15) is 6.54 Å². The highest BCUT2D eigenvalue weighted by atomic mass is 32.1. The first-order valence-electron chi connectivity index (χ1n) is 5.51. The third-order valence-electron chi connectivity index (χ3n) is 2.72. The van der Waals surface area contributed by atoms with Gasteiger partial charge in [0.2, 0.25) is 0 Å². The van der Waals surface area contributed by atoms with Crippen LogP contribution in [-0.4, -0.2) is 23.7 Å². The number of anilines is 1. The second-order valence-corrected chi connectivity index (χ2v) is 4.99. The summed E-state index contributed by atoms with van der Waals surface area (Å²) in [7, 11) is 0. The van der Waals surface area contributed by atoms with E-state index in [0.717, 1.165) is 18.5 Å². The van der Waals surface area contributed by atoms with Crippen molar-refractivity contribution >= 4 is 22.5 Å². The molecule has 0 unspecified atom stereocenters. The van der Waals surface area contributed by atoms with Crippen molar-refractivity contribution in [3.05, 3.63) is 11.1 Å². The topological polar surface area (TPSA) is 54.0 Å². The maximum absolute atomic E-state index is 11.9. The van der Waals surface area contributed by atoms with E-state index in [0.29, 0.717) is 11.0 Å². The van der Waals surface area contributed by atoms with E-state index in [2.05, 4.69) is 10.3 Å². The summed E-state index contributed by atoms with van der Waals surface area (Å²) in [4.78, 5) is 15.3. The van der Waals surface area contributed by atoms with Gasteiger partial charge < -0.3 is 5.32 Å². The van der Waals surface area contributed by atoms with Gasteiger partial charge in [-0.1, -0.05) is 6.42 Å². The summed E-state index contributed by atoms with van der Waals surface area (Å²) in [5.41, 5.74) is 0.914. The first-order valence-corrected chi connectivity index (χ1v) is 6.39. The van der Waals surface area contributed by atoms with Crippen LogP contribution in [0.2, 0.25) is 0 Å². The van der Waals surface area contributed by atoms with Crippen molar-refractivity contribution in [3.8, 4) is 0 Å². The number of carbonyl (C=O) groups is 1. The Morgan fingerprint density at radius 2 is 2.22 bits per heavy atom. The molecule has 8 heteroatoms. The molecule has 2 rings (SSSR count). The largest absolute Gasteiger partial charge is 0.405 e. The molecular formula is C10H12F3N3OS. The van der Waals surface area contributed by atoms with E-state index >= 15 is 0 Å². The molecule has 0 bridgehead atoms. The lowest BCUT2D eigenvalue weighted by atomic mass is 9.83. The van der Waals surface area contributed by atoms with Crippen LogP contribution in [0.3, 0.4) is 0 Å². The summed E-state index contributed by atoms with van der Waals surface area (Å²) in [6.45, 7) is -1.35. The zero-order valence-electron chi connectivity index (χ0n) is 9.38. The minimum Gasteiger partial charge on any atom is -0.329 e. The molecule has 0 aliphatic heterocycles. The zero-order valence-corrected chi connectivity index (χ0v) is 10.2. The molecule has 2 N–H and O–H groups in total. The monoisotopic (exact) mass is 279 g/mol. The molecule has 1 aromatic heterocycles. The number of alkyl halides is 3. The smallest absolute Gasteiger partial charge is 0.329 e. The highest BCUT2D eigenvalue weighted by Crippen LogP contribution is 2.37. The molecule has 2 amide bonds. The molecule has 100 valence electrons. The lowest BCUT2D eigenvalue weighted by molar-refractivity contribution is -0.122. The molecule has 0 radical (unpaired) electrons. The minimum atomic E-state index is -4.41. The number of aromatic nitrogens is 1. The minimum absolute atomic E-state index is 0.330. The van der Waals surface area contributed by atoms with Crippen LogP contribution in [0.4, 0.5) is 23.1 Å². The molecule has 1 aromatic rings. The number of nitrogens with zero attached hydrogens (tertiary/aromatic N) is 1. The molecule has 1 heterocycles. The van der Waals surface area contributed by atoms with Crippen molar-refractivity contribution in [2.45, 2.75) is 31.4 Å². The number of carbonyl (C=O) groups excluding carboxylic acids is 1. The molecule has 0 atom stereocenters. The van der Waals surface area contributed by atoms with Crippen LogP contribution in [0.25, 0.3) is 0 Å². The van der Waals surface area contributed by atoms with E-state index < -0.39 is 18.8 Å². The Kier molecular flexibility index (Phi) is 3.74. The molecule has 1 fully saturated rings. The summed E-state index contributed by atoms with van der Waals surface area (Å²) in [5.74, 6) is 0.440. The van der Waals surface area contributed by atoms with Gasteiger partial charge in [-0.2, -0.15) is 13.2 Å². The Balaban J connectivity index is 1.81. The number of rotatable bonds is 3. The summed E-state index contributed by atoms with van der Waals surface area (Å²) in [5, 5.41) is 6.19. The average Bonchev–Trinajstić information content (AvgIpc) is 2.59. The fourth-order valence-electron chi connectivity index (χ4n) is 1.56. The third kappa shape index (κ3) is 3.59. The second kappa shape index (κ2) is 5.13. The maximum Gasteiger partial charge on any atom is 0.405 e. The van der Waals surface area contributed by atoms with E-state index in [4.69, 9.17) is 0 Å². The predicted octanol–water partition coefficient (Wildman–Crippen LogP) is 3.09. The SMILES string of the molecule is O=C(NCC(F)(F)F)Nc1nc(C2CCC2)cs1. The molecule has 0 saturated heterocycles. The van der Waals surface area contributed by atoms with Gasteiger partial charge in [-0.25, -0.2) is 9.78 Å². The summed E-state index contributed by atoms with van der Waals surface area (Å²) < 4.78 is 35.6. The van der Waals surface area contributed by atoms with Gasteiger partial charge in [0, 0.05) is 11.3 Å². The summed E-state index contributed by atoms with van der Waals surface area (Å²) in [6.07, 6.45) is -1.05. The fraction of sp³-hybridized carbons (Fsp3) is 0.600. The fourth-order valence-corrected chi connectivity index (χ4v) is 2.34. The van der Waals surface area contributed by atoms with Gasteiger partial charge >= 0.3 is 12.2 Å². The third-order valence-corrected chi connectivity index (χ3v) is 3.49. The Hall–Kier alpha value is -1.31.